The fourth-order valence-corrected chi connectivity index (χ4v) is 4.20. The first kappa shape index (κ1) is 20.9. The van der Waals surface area contributed by atoms with Crippen molar-refractivity contribution in [1.29, 1.82) is 5.26 Å². The number of aromatic nitrogens is 1. The molecule has 1 aliphatic rings. The van der Waals surface area contributed by atoms with Crippen LogP contribution in [0.15, 0.2) is 30.3 Å². The maximum absolute atomic E-state index is 14.7. The van der Waals surface area contributed by atoms with E-state index in [1.165, 1.54) is 18.2 Å². The Labute approximate surface area is 173 Å². The molecule has 1 heterocycles. The first-order chi connectivity index (χ1) is 14.3. The summed E-state index contributed by atoms with van der Waals surface area (Å²) in [6, 6.07) is 7.57. The minimum absolute atomic E-state index is 0.0468. The van der Waals surface area contributed by atoms with Crippen LogP contribution in [-0.4, -0.2) is 24.7 Å². The van der Waals surface area contributed by atoms with Gasteiger partial charge in [-0.05, 0) is 29.8 Å². The highest BCUT2D eigenvalue weighted by Gasteiger charge is 2.49. The van der Waals surface area contributed by atoms with Crippen LogP contribution >= 0.6 is 0 Å². The first-order valence-corrected chi connectivity index (χ1v) is 10.1. The Kier molecular flexibility index (Phi) is 4.24. The van der Waals surface area contributed by atoms with Crippen LogP contribution in [0.1, 0.15) is 46.6 Å². The van der Waals surface area contributed by atoms with Crippen molar-refractivity contribution in [2.75, 3.05) is 0 Å². The van der Waals surface area contributed by atoms with Gasteiger partial charge < -0.3 is 9.17 Å². The number of halogens is 4. The minimum Gasteiger partial charge on any atom is -0.376 e. The van der Waals surface area contributed by atoms with E-state index in [9.17, 15) is 30.8 Å². The number of rotatable bonds is 2. The zero-order valence-electron chi connectivity index (χ0n) is 15.9. The summed E-state index contributed by atoms with van der Waals surface area (Å²) in [6.45, 7) is 3.27. The minimum atomic E-state index is -5.90. The first-order valence-electron chi connectivity index (χ1n) is 8.74. The second kappa shape index (κ2) is 6.31. The lowest BCUT2D eigenvalue weighted by Crippen LogP contribution is -2.31. The van der Waals surface area contributed by atoms with Crippen LogP contribution in [0.4, 0.5) is 17.6 Å². The third kappa shape index (κ3) is 2.90. The second-order valence-electron chi connectivity index (χ2n) is 7.48. The summed E-state index contributed by atoms with van der Waals surface area (Å²) in [5.74, 6) is -1.97. The molecule has 0 amide bonds. The lowest BCUT2D eigenvalue weighted by molar-refractivity contribution is -0.0500. The summed E-state index contributed by atoms with van der Waals surface area (Å²) >= 11 is 0. The number of benzene rings is 2. The topological polar surface area (TPSA) is 100 Å². The number of hydrogen-bond donors (Lipinski definition) is 1. The van der Waals surface area contributed by atoms with Gasteiger partial charge in [0.05, 0.1) is 16.6 Å². The Balaban J connectivity index is 1.91. The molecule has 1 aliphatic carbocycles. The molecule has 1 aromatic heterocycles. The third-order valence-corrected chi connectivity index (χ3v) is 6.26. The Bertz CT molecular complexity index is 1430. The molecule has 0 aliphatic heterocycles. The van der Waals surface area contributed by atoms with E-state index in [-0.39, 0.29) is 38.9 Å². The van der Waals surface area contributed by atoms with E-state index >= 15 is 0 Å². The third-order valence-electron chi connectivity index (χ3n) is 5.28. The monoisotopic (exact) mass is 452 g/mol. The van der Waals surface area contributed by atoms with Gasteiger partial charge >= 0.3 is 15.6 Å². The van der Waals surface area contributed by atoms with E-state index in [0.717, 1.165) is 12.1 Å². The number of ketones is 1. The molecule has 6 nitrogen and oxygen atoms in total. The van der Waals surface area contributed by atoms with Crippen LogP contribution in [0, 0.1) is 17.1 Å². The molecule has 11 heteroatoms. The van der Waals surface area contributed by atoms with Gasteiger partial charge in [-0.25, -0.2) is 4.39 Å². The van der Waals surface area contributed by atoms with Crippen molar-refractivity contribution in [3.8, 4) is 11.8 Å². The Hall–Kier alpha value is -3.39. The SMILES string of the molecule is CC1(C)c2cc(OS(=O)(=O)C(F)(F)F)ccc2C(=O)c2c1[nH]c1c(F)c(C#N)ccc21. The molecule has 0 fully saturated rings. The fourth-order valence-electron chi connectivity index (χ4n) is 3.75. The zero-order chi connectivity index (χ0) is 22.9. The molecule has 31 heavy (non-hydrogen) atoms. The zero-order valence-corrected chi connectivity index (χ0v) is 16.7. The van der Waals surface area contributed by atoms with E-state index in [4.69, 9.17) is 5.26 Å². The van der Waals surface area contributed by atoms with Gasteiger partial charge in [0, 0.05) is 22.1 Å². The van der Waals surface area contributed by atoms with Gasteiger partial charge in [0.15, 0.2) is 11.6 Å². The summed E-state index contributed by atoms with van der Waals surface area (Å²) in [5, 5.41) is 9.30. The summed E-state index contributed by atoms with van der Waals surface area (Å²) < 4.78 is 79.5. The summed E-state index contributed by atoms with van der Waals surface area (Å²) in [4.78, 5) is 16.0. The van der Waals surface area contributed by atoms with E-state index in [2.05, 4.69) is 9.17 Å². The maximum atomic E-state index is 14.7. The summed E-state index contributed by atoms with van der Waals surface area (Å²) in [5.41, 5.74) is -6.17. The molecular formula is C20H12F4N2O4S. The van der Waals surface area contributed by atoms with Crippen molar-refractivity contribution in [3.63, 3.8) is 0 Å². The Morgan fingerprint density at radius 3 is 2.45 bits per heavy atom. The molecule has 0 radical (unpaired) electrons. The molecule has 0 bridgehead atoms. The average molecular weight is 452 g/mol. The standard InChI is InChI=1S/C20H12F4N2O4S/c1-19(2)13-7-10(30-31(28,29)20(22,23)24)4-6-11(13)17(27)14-12-5-3-9(8-25)15(21)16(12)26-18(14)19/h3-7,26H,1-2H3. The van der Waals surface area contributed by atoms with Gasteiger partial charge in [-0.3, -0.25) is 4.79 Å². The van der Waals surface area contributed by atoms with Crippen molar-refractivity contribution < 1.29 is 35.0 Å². The molecule has 0 saturated heterocycles. The maximum Gasteiger partial charge on any atom is 0.534 e. The number of H-pyrrole nitrogens is 1. The van der Waals surface area contributed by atoms with Gasteiger partial charge in [0.25, 0.3) is 0 Å². The summed E-state index contributed by atoms with van der Waals surface area (Å²) in [6.07, 6.45) is 0. The van der Waals surface area contributed by atoms with Gasteiger partial charge in [0.2, 0.25) is 0 Å². The Morgan fingerprint density at radius 2 is 1.84 bits per heavy atom. The van der Waals surface area contributed by atoms with Gasteiger partial charge in [-0.15, -0.1) is 0 Å². The number of alkyl halides is 3. The quantitative estimate of drug-likeness (QED) is 0.356. The van der Waals surface area contributed by atoms with E-state index in [1.807, 2.05) is 0 Å². The highest BCUT2D eigenvalue weighted by atomic mass is 32.2. The molecule has 0 unspecified atom stereocenters. The van der Waals surface area contributed by atoms with Crippen molar-refractivity contribution in [2.45, 2.75) is 24.8 Å². The van der Waals surface area contributed by atoms with E-state index < -0.39 is 38.4 Å². The molecule has 160 valence electrons. The fraction of sp³-hybridized carbons (Fsp3) is 0.200. The lowest BCUT2D eigenvalue weighted by Gasteiger charge is -2.32. The normalized spacial score (nSPS) is 15.3. The molecule has 1 N–H and O–H groups in total. The Morgan fingerprint density at radius 1 is 1.16 bits per heavy atom. The number of hydrogen-bond acceptors (Lipinski definition) is 5. The predicted octanol–water partition coefficient (Wildman–Crippen LogP) is 4.28. The van der Waals surface area contributed by atoms with Gasteiger partial charge in [-0.2, -0.15) is 26.9 Å². The van der Waals surface area contributed by atoms with Crippen LogP contribution < -0.4 is 4.18 Å². The molecular weight excluding hydrogens is 440 g/mol. The number of nitrogens with one attached hydrogen (secondary N) is 1. The van der Waals surface area contributed by atoms with Crippen molar-refractivity contribution in [1.82, 2.24) is 4.98 Å². The van der Waals surface area contributed by atoms with Gasteiger partial charge in [0.1, 0.15) is 11.8 Å². The smallest absolute Gasteiger partial charge is 0.376 e. The van der Waals surface area contributed by atoms with Crippen LogP contribution in [-0.2, 0) is 15.5 Å². The number of aromatic amines is 1. The van der Waals surface area contributed by atoms with Crippen LogP contribution in [0.5, 0.6) is 5.75 Å². The van der Waals surface area contributed by atoms with E-state index in [0.29, 0.717) is 0 Å². The number of nitrogens with zero attached hydrogens (tertiary/aromatic N) is 1. The predicted molar refractivity (Wildman–Crippen MR) is 101 cm³/mol. The average Bonchev–Trinajstić information content (AvgIpc) is 3.07. The van der Waals surface area contributed by atoms with Gasteiger partial charge in [-0.1, -0.05) is 19.9 Å². The largest absolute Gasteiger partial charge is 0.534 e. The highest BCUT2D eigenvalue weighted by molar-refractivity contribution is 7.88. The van der Waals surface area contributed by atoms with Crippen LogP contribution in [0.25, 0.3) is 10.9 Å². The molecule has 0 spiro atoms. The number of carbonyl (C=O) groups excluding carboxylic acids is 1. The van der Waals surface area contributed by atoms with Crippen molar-refractivity contribution >= 4 is 26.8 Å². The molecule has 0 saturated carbocycles. The van der Waals surface area contributed by atoms with Crippen molar-refractivity contribution in [3.05, 3.63) is 64.1 Å². The number of fused-ring (bicyclic) bond motifs is 4. The molecule has 0 atom stereocenters. The molecule has 2 aromatic carbocycles. The second-order valence-corrected chi connectivity index (χ2v) is 9.02. The van der Waals surface area contributed by atoms with Crippen LogP contribution in [0.2, 0.25) is 0 Å². The highest BCUT2D eigenvalue weighted by Crippen LogP contribution is 2.45. The molecule has 3 aromatic rings. The van der Waals surface area contributed by atoms with E-state index in [1.54, 1.807) is 19.9 Å². The number of carbonyl (C=O) groups is 1. The van der Waals surface area contributed by atoms with Crippen LogP contribution in [0.3, 0.4) is 0 Å². The lowest BCUT2D eigenvalue weighted by atomic mass is 9.71. The number of nitriles is 1. The molecule has 4 rings (SSSR count). The van der Waals surface area contributed by atoms with Crippen molar-refractivity contribution in [2.24, 2.45) is 0 Å². The summed E-state index contributed by atoms with van der Waals surface area (Å²) in [7, 11) is -5.90.